The van der Waals surface area contributed by atoms with Gasteiger partial charge in [0.2, 0.25) is 11.8 Å². The maximum Gasteiger partial charge on any atom is 0.586 e. The third kappa shape index (κ3) is 3.84. The SMILES string of the molecule is CN1C[C@H](c2ccc3c(c2)OC(F)(F)O3)[C@@H](C(=O)Nc2cnccc2C(F)(F)F)C1=O. The number of nitrogens with one attached hydrogen (secondary N) is 1. The van der Waals surface area contributed by atoms with Gasteiger partial charge in [0.25, 0.3) is 0 Å². The van der Waals surface area contributed by atoms with Gasteiger partial charge >= 0.3 is 12.5 Å². The number of fused-ring (bicyclic) bond motifs is 1. The number of amides is 2. The second-order valence-corrected chi connectivity index (χ2v) is 7.08. The predicted octanol–water partition coefficient (Wildman–Crippen LogP) is 3.23. The molecule has 2 amide bonds. The van der Waals surface area contributed by atoms with Gasteiger partial charge in [-0.3, -0.25) is 14.6 Å². The van der Waals surface area contributed by atoms with Gasteiger partial charge in [0, 0.05) is 25.7 Å². The zero-order valence-electron chi connectivity index (χ0n) is 15.7. The Morgan fingerprint density at radius 2 is 1.94 bits per heavy atom. The van der Waals surface area contributed by atoms with E-state index in [1.165, 1.54) is 30.1 Å². The molecule has 2 atom stereocenters. The van der Waals surface area contributed by atoms with E-state index in [-0.39, 0.29) is 18.0 Å². The van der Waals surface area contributed by atoms with Gasteiger partial charge < -0.3 is 19.7 Å². The Hall–Kier alpha value is -3.44. The normalized spacial score (nSPS) is 22.0. The molecule has 0 spiro atoms. The van der Waals surface area contributed by atoms with Gasteiger partial charge in [-0.15, -0.1) is 8.78 Å². The van der Waals surface area contributed by atoms with Crippen molar-refractivity contribution in [1.29, 1.82) is 0 Å². The van der Waals surface area contributed by atoms with Crippen molar-refractivity contribution in [3.63, 3.8) is 0 Å². The van der Waals surface area contributed by atoms with E-state index in [2.05, 4.69) is 19.8 Å². The van der Waals surface area contributed by atoms with Crippen molar-refractivity contribution in [3.8, 4) is 11.5 Å². The maximum absolute atomic E-state index is 13.3. The lowest BCUT2D eigenvalue weighted by Crippen LogP contribution is -2.33. The van der Waals surface area contributed by atoms with Crippen LogP contribution in [-0.4, -0.2) is 41.6 Å². The van der Waals surface area contributed by atoms with Gasteiger partial charge in [0.15, 0.2) is 11.5 Å². The summed E-state index contributed by atoms with van der Waals surface area (Å²) in [7, 11) is 1.43. The number of hydrogen-bond acceptors (Lipinski definition) is 5. The molecule has 1 aromatic heterocycles. The van der Waals surface area contributed by atoms with Crippen LogP contribution < -0.4 is 14.8 Å². The van der Waals surface area contributed by atoms with Crippen LogP contribution in [0.1, 0.15) is 17.0 Å². The van der Waals surface area contributed by atoms with E-state index in [4.69, 9.17) is 0 Å². The first-order valence-corrected chi connectivity index (χ1v) is 8.93. The molecule has 0 unspecified atom stereocenters. The second kappa shape index (κ2) is 7.06. The summed E-state index contributed by atoms with van der Waals surface area (Å²) >= 11 is 0. The number of carbonyl (C=O) groups excluding carboxylic acids is 2. The first-order valence-electron chi connectivity index (χ1n) is 8.93. The molecule has 0 saturated carbocycles. The molecular formula is C19H14F5N3O4. The zero-order valence-corrected chi connectivity index (χ0v) is 15.7. The highest BCUT2D eigenvalue weighted by atomic mass is 19.4. The fourth-order valence-electron chi connectivity index (χ4n) is 3.64. The summed E-state index contributed by atoms with van der Waals surface area (Å²) in [4.78, 5) is 30.3. The van der Waals surface area contributed by atoms with Crippen LogP contribution in [0.2, 0.25) is 0 Å². The highest BCUT2D eigenvalue weighted by Gasteiger charge is 2.47. The molecule has 0 aliphatic carbocycles. The van der Waals surface area contributed by atoms with Crippen LogP contribution >= 0.6 is 0 Å². The number of hydrogen-bond donors (Lipinski definition) is 1. The highest BCUT2D eigenvalue weighted by molar-refractivity contribution is 6.08. The number of aromatic nitrogens is 1. The molecule has 1 N–H and O–H groups in total. The number of carbonyl (C=O) groups is 2. The van der Waals surface area contributed by atoms with Crippen LogP contribution in [0.4, 0.5) is 27.6 Å². The first-order chi connectivity index (χ1) is 14.5. The summed E-state index contributed by atoms with van der Waals surface area (Å²) < 4.78 is 74.9. The molecule has 164 valence electrons. The van der Waals surface area contributed by atoms with E-state index < -0.39 is 47.4 Å². The molecule has 7 nitrogen and oxygen atoms in total. The summed E-state index contributed by atoms with van der Waals surface area (Å²) in [5.41, 5.74) is -1.39. The molecule has 1 saturated heterocycles. The van der Waals surface area contributed by atoms with Crippen LogP contribution in [0, 0.1) is 5.92 Å². The van der Waals surface area contributed by atoms with Gasteiger partial charge in [-0.1, -0.05) is 6.07 Å². The molecule has 0 bridgehead atoms. The molecule has 4 rings (SSSR count). The monoisotopic (exact) mass is 443 g/mol. The van der Waals surface area contributed by atoms with Crippen LogP contribution in [0.5, 0.6) is 11.5 Å². The smallest absolute Gasteiger partial charge is 0.395 e. The average molecular weight is 443 g/mol. The number of rotatable bonds is 3. The van der Waals surface area contributed by atoms with Crippen molar-refractivity contribution < 1.29 is 41.0 Å². The van der Waals surface area contributed by atoms with Crippen LogP contribution in [0.15, 0.2) is 36.7 Å². The van der Waals surface area contributed by atoms with Crippen LogP contribution in [0.25, 0.3) is 0 Å². The molecule has 31 heavy (non-hydrogen) atoms. The third-order valence-electron chi connectivity index (χ3n) is 5.04. The highest BCUT2D eigenvalue weighted by Crippen LogP contribution is 2.44. The number of likely N-dealkylation sites (tertiary alicyclic amines) is 1. The third-order valence-corrected chi connectivity index (χ3v) is 5.04. The van der Waals surface area contributed by atoms with E-state index in [1.807, 2.05) is 0 Å². The number of benzene rings is 1. The van der Waals surface area contributed by atoms with Crippen molar-refractivity contribution >= 4 is 17.5 Å². The predicted molar refractivity (Wildman–Crippen MR) is 94.4 cm³/mol. The number of anilines is 1. The number of likely N-dealkylation sites (N-methyl/N-ethyl adjacent to an activating group) is 1. The van der Waals surface area contributed by atoms with Crippen molar-refractivity contribution in [2.75, 3.05) is 18.9 Å². The lowest BCUT2D eigenvalue weighted by atomic mass is 9.87. The van der Waals surface area contributed by atoms with E-state index in [0.29, 0.717) is 11.6 Å². The molecular weight excluding hydrogens is 429 g/mol. The summed E-state index contributed by atoms with van der Waals surface area (Å²) in [5.74, 6) is -4.27. The summed E-state index contributed by atoms with van der Waals surface area (Å²) in [6, 6.07) is 4.53. The van der Waals surface area contributed by atoms with E-state index in [1.54, 1.807) is 0 Å². The molecule has 2 aromatic rings. The second-order valence-electron chi connectivity index (χ2n) is 7.08. The Morgan fingerprint density at radius 1 is 1.23 bits per heavy atom. The number of pyridine rings is 1. The minimum Gasteiger partial charge on any atom is -0.395 e. The van der Waals surface area contributed by atoms with Gasteiger partial charge in [0.05, 0.1) is 17.4 Å². The topological polar surface area (TPSA) is 80.8 Å². The Morgan fingerprint density at radius 3 is 2.65 bits per heavy atom. The van der Waals surface area contributed by atoms with E-state index in [0.717, 1.165) is 12.4 Å². The molecule has 0 radical (unpaired) electrons. The number of ether oxygens (including phenoxy) is 2. The molecule has 3 heterocycles. The van der Waals surface area contributed by atoms with Gasteiger partial charge in [0.1, 0.15) is 5.92 Å². The average Bonchev–Trinajstić information content (AvgIpc) is 3.15. The van der Waals surface area contributed by atoms with Gasteiger partial charge in [-0.05, 0) is 23.8 Å². The van der Waals surface area contributed by atoms with Crippen molar-refractivity contribution in [1.82, 2.24) is 9.88 Å². The zero-order chi connectivity index (χ0) is 22.6. The summed E-state index contributed by atoms with van der Waals surface area (Å²) in [6.07, 6.45) is -6.82. The van der Waals surface area contributed by atoms with E-state index in [9.17, 15) is 31.5 Å². The lowest BCUT2D eigenvalue weighted by molar-refractivity contribution is -0.286. The van der Waals surface area contributed by atoms with Crippen molar-refractivity contribution in [2.45, 2.75) is 18.4 Å². The quantitative estimate of drug-likeness (QED) is 0.582. The fourth-order valence-corrected chi connectivity index (χ4v) is 3.64. The molecule has 2 aliphatic heterocycles. The largest absolute Gasteiger partial charge is 0.586 e. The van der Waals surface area contributed by atoms with Gasteiger partial charge in [-0.2, -0.15) is 13.2 Å². The van der Waals surface area contributed by atoms with E-state index >= 15 is 0 Å². The molecule has 12 heteroatoms. The number of halogens is 5. The Kier molecular flexibility index (Phi) is 4.74. The Balaban J connectivity index is 1.63. The van der Waals surface area contributed by atoms with Crippen molar-refractivity contribution in [2.24, 2.45) is 5.92 Å². The number of alkyl halides is 5. The first kappa shape index (κ1) is 20.8. The molecule has 1 aromatic carbocycles. The Bertz CT molecular complexity index is 1060. The van der Waals surface area contributed by atoms with Crippen LogP contribution in [-0.2, 0) is 15.8 Å². The van der Waals surface area contributed by atoms with Crippen LogP contribution in [0.3, 0.4) is 0 Å². The molecule has 2 aliphatic rings. The van der Waals surface area contributed by atoms with Crippen molar-refractivity contribution in [3.05, 3.63) is 47.8 Å². The fraction of sp³-hybridized carbons (Fsp3) is 0.316. The lowest BCUT2D eigenvalue weighted by Gasteiger charge is -2.19. The minimum atomic E-state index is -4.75. The summed E-state index contributed by atoms with van der Waals surface area (Å²) in [6.45, 7) is 0.0477. The maximum atomic E-state index is 13.3. The number of nitrogens with zero attached hydrogens (tertiary/aromatic N) is 2. The molecule has 1 fully saturated rings. The van der Waals surface area contributed by atoms with Gasteiger partial charge in [-0.25, -0.2) is 0 Å². The minimum absolute atomic E-state index is 0.0477. The summed E-state index contributed by atoms with van der Waals surface area (Å²) in [5, 5.41) is 2.13. The standard InChI is InChI=1S/C19H14F5N3O4/c1-27-8-10(9-2-3-13-14(6-9)31-19(23,24)30-13)15(17(27)29)16(28)26-12-7-25-5-4-11(12)18(20,21)22/h2-7,10,15H,8H2,1H3,(H,26,28)/t10-,15+/m1/s1. The Labute approximate surface area is 171 Å².